The van der Waals surface area contributed by atoms with Gasteiger partial charge in [-0.25, -0.2) is 0 Å². The van der Waals surface area contributed by atoms with Crippen LogP contribution in [0, 0.1) is 11.3 Å². The summed E-state index contributed by atoms with van der Waals surface area (Å²) in [6, 6.07) is 18.8. The lowest BCUT2D eigenvalue weighted by molar-refractivity contribution is 0.131. The summed E-state index contributed by atoms with van der Waals surface area (Å²) in [6.07, 6.45) is 8.35. The van der Waals surface area contributed by atoms with Gasteiger partial charge in [-0.3, -0.25) is 0 Å². The largest absolute Gasteiger partial charge is 0.313 e. The number of hydrogen-bond acceptors (Lipinski definition) is 1. The molecule has 1 saturated carbocycles. The van der Waals surface area contributed by atoms with Crippen molar-refractivity contribution in [2.75, 3.05) is 6.54 Å². The predicted molar refractivity (Wildman–Crippen MR) is 114 cm³/mol. The van der Waals surface area contributed by atoms with Crippen molar-refractivity contribution in [1.82, 2.24) is 5.32 Å². The van der Waals surface area contributed by atoms with Gasteiger partial charge in [-0.15, -0.1) is 0 Å². The highest BCUT2D eigenvalue weighted by atomic mass is 15.0. The highest BCUT2D eigenvalue weighted by molar-refractivity contribution is 5.72. The number of hydrogen-bond donors (Lipinski definition) is 1. The summed E-state index contributed by atoms with van der Waals surface area (Å²) in [6.45, 7) is 6.34. The molecule has 2 aromatic rings. The van der Waals surface area contributed by atoms with Crippen LogP contribution >= 0.6 is 0 Å². The molecule has 3 unspecified atom stereocenters. The normalized spacial score (nSPS) is 28.1. The molecule has 2 fully saturated rings. The molecule has 1 aliphatic heterocycles. The Morgan fingerprint density at radius 2 is 1.63 bits per heavy atom. The summed E-state index contributed by atoms with van der Waals surface area (Å²) < 4.78 is 0. The quantitative estimate of drug-likeness (QED) is 0.659. The molecule has 5 rings (SSSR count). The van der Waals surface area contributed by atoms with Crippen LogP contribution in [0.5, 0.6) is 0 Å². The molecular formula is C26H33N. The molecule has 2 aliphatic carbocycles. The van der Waals surface area contributed by atoms with E-state index >= 15 is 0 Å². The van der Waals surface area contributed by atoms with E-state index in [1.54, 1.807) is 11.1 Å². The standard InChI is InChI=1S/C26H33N/c1-26(2,19-12-6-7-13-19)24-21-15-8-14-20(18-10-4-3-5-11-18)23(21)22-16-9-17-27-25(22)24/h3-5,8,10-11,14-15,19,22,24-25,27H,6-7,9,12-13,16-17H2,1-2H3. The first-order valence-corrected chi connectivity index (χ1v) is 11.1. The zero-order chi connectivity index (χ0) is 18.4. The lowest BCUT2D eigenvalue weighted by atomic mass is 9.64. The molecule has 1 nitrogen and oxygen atoms in total. The van der Waals surface area contributed by atoms with Crippen molar-refractivity contribution >= 4 is 0 Å². The molecule has 0 radical (unpaired) electrons. The van der Waals surface area contributed by atoms with Crippen LogP contribution < -0.4 is 5.32 Å². The first-order chi connectivity index (χ1) is 13.2. The molecular weight excluding hydrogens is 326 g/mol. The van der Waals surface area contributed by atoms with Gasteiger partial charge in [0, 0.05) is 17.9 Å². The van der Waals surface area contributed by atoms with E-state index < -0.39 is 0 Å². The first-order valence-electron chi connectivity index (χ1n) is 11.1. The smallest absolute Gasteiger partial charge is 0.0210 e. The fourth-order valence-corrected chi connectivity index (χ4v) is 6.70. The highest BCUT2D eigenvalue weighted by Crippen LogP contribution is 2.59. The van der Waals surface area contributed by atoms with Gasteiger partial charge < -0.3 is 5.32 Å². The van der Waals surface area contributed by atoms with Gasteiger partial charge in [-0.1, -0.05) is 75.2 Å². The van der Waals surface area contributed by atoms with Gasteiger partial charge in [0.05, 0.1) is 0 Å². The minimum Gasteiger partial charge on any atom is -0.313 e. The zero-order valence-electron chi connectivity index (χ0n) is 16.9. The summed E-state index contributed by atoms with van der Waals surface area (Å²) in [5.41, 5.74) is 6.55. The Kier molecular flexibility index (Phi) is 4.39. The molecule has 27 heavy (non-hydrogen) atoms. The Hall–Kier alpha value is -1.60. The van der Waals surface area contributed by atoms with E-state index in [0.717, 1.165) is 5.92 Å². The lowest BCUT2D eigenvalue weighted by Gasteiger charge is -2.43. The van der Waals surface area contributed by atoms with Crippen molar-refractivity contribution in [3.63, 3.8) is 0 Å². The van der Waals surface area contributed by atoms with Gasteiger partial charge in [-0.05, 0) is 65.8 Å². The van der Waals surface area contributed by atoms with E-state index in [0.29, 0.717) is 23.3 Å². The maximum atomic E-state index is 3.99. The van der Waals surface area contributed by atoms with Gasteiger partial charge in [0.1, 0.15) is 0 Å². The number of benzene rings is 2. The van der Waals surface area contributed by atoms with Crippen molar-refractivity contribution in [1.29, 1.82) is 0 Å². The molecule has 2 aromatic carbocycles. The van der Waals surface area contributed by atoms with Gasteiger partial charge in [0.15, 0.2) is 0 Å². The van der Waals surface area contributed by atoms with Gasteiger partial charge >= 0.3 is 0 Å². The van der Waals surface area contributed by atoms with Crippen molar-refractivity contribution < 1.29 is 0 Å². The average molecular weight is 360 g/mol. The Balaban J connectivity index is 1.65. The van der Waals surface area contributed by atoms with Crippen molar-refractivity contribution in [3.8, 4) is 11.1 Å². The van der Waals surface area contributed by atoms with Gasteiger partial charge in [-0.2, -0.15) is 0 Å². The number of piperidine rings is 1. The van der Waals surface area contributed by atoms with E-state index in [9.17, 15) is 0 Å². The second kappa shape index (κ2) is 6.78. The Bertz CT molecular complexity index is 800. The second-order valence-corrected chi connectivity index (χ2v) is 9.68. The Morgan fingerprint density at radius 1 is 0.852 bits per heavy atom. The van der Waals surface area contributed by atoms with Crippen LogP contribution in [0.4, 0.5) is 0 Å². The third kappa shape index (κ3) is 2.78. The summed E-state index contributed by atoms with van der Waals surface area (Å²) >= 11 is 0. The van der Waals surface area contributed by atoms with Crippen LogP contribution in [0.2, 0.25) is 0 Å². The minimum absolute atomic E-state index is 0.365. The fourth-order valence-electron chi connectivity index (χ4n) is 6.70. The predicted octanol–water partition coefficient (Wildman–Crippen LogP) is 6.50. The Labute approximate surface area is 164 Å². The highest BCUT2D eigenvalue weighted by Gasteiger charge is 2.51. The molecule has 0 spiro atoms. The van der Waals surface area contributed by atoms with Crippen LogP contribution in [0.15, 0.2) is 48.5 Å². The molecule has 1 heterocycles. The summed E-state index contributed by atoms with van der Waals surface area (Å²) in [4.78, 5) is 0. The van der Waals surface area contributed by atoms with Gasteiger partial charge in [0.2, 0.25) is 0 Å². The van der Waals surface area contributed by atoms with Crippen molar-refractivity contribution in [3.05, 3.63) is 59.7 Å². The van der Waals surface area contributed by atoms with E-state index in [1.165, 1.54) is 56.2 Å². The number of rotatable bonds is 3. The number of fused-ring (bicyclic) bond motifs is 3. The second-order valence-electron chi connectivity index (χ2n) is 9.68. The first kappa shape index (κ1) is 17.5. The fraction of sp³-hybridized carbons (Fsp3) is 0.538. The van der Waals surface area contributed by atoms with Crippen LogP contribution in [0.1, 0.15) is 75.3 Å². The van der Waals surface area contributed by atoms with E-state index in [1.807, 2.05) is 0 Å². The summed E-state index contributed by atoms with van der Waals surface area (Å²) in [5.74, 6) is 2.19. The van der Waals surface area contributed by atoms with Crippen LogP contribution in [-0.2, 0) is 0 Å². The molecule has 3 atom stereocenters. The maximum absolute atomic E-state index is 3.99. The van der Waals surface area contributed by atoms with Crippen LogP contribution in [-0.4, -0.2) is 12.6 Å². The SMILES string of the molecule is CC(C)(C1CCCC1)C1c2cccc(-c3ccccc3)c2C2CCCNC21. The molecule has 0 bridgehead atoms. The number of nitrogens with one attached hydrogen (secondary N) is 1. The molecule has 0 amide bonds. The van der Waals surface area contributed by atoms with Crippen molar-refractivity contribution in [2.45, 2.75) is 70.3 Å². The topological polar surface area (TPSA) is 12.0 Å². The molecule has 0 aromatic heterocycles. The minimum atomic E-state index is 0.365. The van der Waals surface area contributed by atoms with E-state index in [2.05, 4.69) is 67.7 Å². The lowest BCUT2D eigenvalue weighted by Crippen LogP contribution is -2.46. The Morgan fingerprint density at radius 3 is 2.41 bits per heavy atom. The van der Waals surface area contributed by atoms with Crippen LogP contribution in [0.25, 0.3) is 11.1 Å². The van der Waals surface area contributed by atoms with Crippen LogP contribution in [0.3, 0.4) is 0 Å². The van der Waals surface area contributed by atoms with Crippen molar-refractivity contribution in [2.24, 2.45) is 11.3 Å². The monoisotopic (exact) mass is 359 g/mol. The zero-order valence-corrected chi connectivity index (χ0v) is 16.9. The molecule has 1 heteroatoms. The summed E-state index contributed by atoms with van der Waals surface area (Å²) in [5, 5.41) is 3.99. The molecule has 1 N–H and O–H groups in total. The van der Waals surface area contributed by atoms with E-state index in [-0.39, 0.29) is 0 Å². The van der Waals surface area contributed by atoms with E-state index in [4.69, 9.17) is 0 Å². The molecule has 142 valence electrons. The average Bonchev–Trinajstić information content (AvgIpc) is 3.35. The maximum Gasteiger partial charge on any atom is 0.0210 e. The van der Waals surface area contributed by atoms with Gasteiger partial charge in [0.25, 0.3) is 0 Å². The third-order valence-corrected chi connectivity index (χ3v) is 8.00. The third-order valence-electron chi connectivity index (χ3n) is 8.00. The summed E-state index contributed by atoms with van der Waals surface area (Å²) in [7, 11) is 0. The molecule has 3 aliphatic rings. The molecule has 1 saturated heterocycles.